The minimum Gasteiger partial charge on any atom is -0.330 e. The Bertz CT molecular complexity index is 769. The molecule has 1 aliphatic rings. The summed E-state index contributed by atoms with van der Waals surface area (Å²) in [6.45, 7) is 2.30. The van der Waals surface area contributed by atoms with E-state index in [0.717, 1.165) is 11.1 Å². The van der Waals surface area contributed by atoms with Crippen LogP contribution in [-0.4, -0.2) is 20.2 Å². The zero-order chi connectivity index (χ0) is 15.9. The Kier molecular flexibility index (Phi) is 4.02. The third kappa shape index (κ3) is 2.67. The third-order valence-electron chi connectivity index (χ3n) is 4.33. The van der Waals surface area contributed by atoms with Crippen LogP contribution in [0.1, 0.15) is 17.0 Å². The summed E-state index contributed by atoms with van der Waals surface area (Å²) in [6, 6.07) is 14.4. The van der Waals surface area contributed by atoms with Crippen LogP contribution in [0.3, 0.4) is 0 Å². The molecule has 0 spiro atoms. The molecule has 0 amide bonds. The molecule has 0 aliphatic heterocycles. The van der Waals surface area contributed by atoms with Crippen LogP contribution >= 0.6 is 11.6 Å². The lowest BCUT2D eigenvalue weighted by Crippen LogP contribution is -2.13. The molecule has 0 bridgehead atoms. The number of halogens is 1. The second kappa shape index (κ2) is 5.69. The number of aryl methyl sites for hydroxylation is 1. The van der Waals surface area contributed by atoms with Gasteiger partial charge in [0.2, 0.25) is 0 Å². The Labute approximate surface area is 136 Å². The van der Waals surface area contributed by atoms with Gasteiger partial charge in [-0.3, -0.25) is 0 Å². The van der Waals surface area contributed by atoms with Gasteiger partial charge in [-0.2, -0.15) is 0 Å². The van der Waals surface area contributed by atoms with Gasteiger partial charge in [0.15, 0.2) is 9.84 Å². The van der Waals surface area contributed by atoms with Crippen LogP contribution in [0.15, 0.2) is 53.4 Å². The normalized spacial score (nSPS) is 24.2. The summed E-state index contributed by atoms with van der Waals surface area (Å²) in [6.07, 6.45) is 0. The highest BCUT2D eigenvalue weighted by atomic mass is 35.5. The Morgan fingerprint density at radius 3 is 2.18 bits per heavy atom. The van der Waals surface area contributed by atoms with E-state index in [1.807, 2.05) is 31.2 Å². The molecule has 0 heterocycles. The lowest BCUT2D eigenvalue weighted by Gasteiger charge is -2.05. The fraction of sp³-hybridized carbons (Fsp3) is 0.294. The van der Waals surface area contributed by atoms with Crippen molar-refractivity contribution >= 4 is 21.4 Å². The molecule has 116 valence electrons. The standard InChI is InChI=1S/C17H18ClNO2S/c1-11-2-8-14(9-3-11)22(20,21)17-15(10-19)16(17)12-4-6-13(18)7-5-12/h2-9,15-17H,10,19H2,1H3. The van der Waals surface area contributed by atoms with Crippen molar-refractivity contribution in [3.8, 4) is 0 Å². The molecule has 5 heteroatoms. The van der Waals surface area contributed by atoms with E-state index < -0.39 is 15.1 Å². The Hall–Kier alpha value is -1.36. The van der Waals surface area contributed by atoms with Gasteiger partial charge in [0.05, 0.1) is 10.1 Å². The van der Waals surface area contributed by atoms with Crippen molar-refractivity contribution in [2.45, 2.75) is 23.0 Å². The molecule has 2 aromatic rings. The SMILES string of the molecule is Cc1ccc(S(=O)(=O)C2C(CN)C2c2ccc(Cl)cc2)cc1. The smallest absolute Gasteiger partial charge is 0.182 e. The fourth-order valence-electron chi connectivity index (χ4n) is 3.05. The second-order valence-electron chi connectivity index (χ2n) is 5.80. The van der Waals surface area contributed by atoms with Crippen LogP contribution < -0.4 is 5.73 Å². The maximum absolute atomic E-state index is 12.8. The summed E-state index contributed by atoms with van der Waals surface area (Å²) in [5.74, 6) is -0.0824. The van der Waals surface area contributed by atoms with Gasteiger partial charge in [0.25, 0.3) is 0 Å². The number of rotatable bonds is 4. The minimum atomic E-state index is -3.36. The molecule has 22 heavy (non-hydrogen) atoms. The summed E-state index contributed by atoms with van der Waals surface area (Å²) >= 11 is 5.90. The van der Waals surface area contributed by atoms with E-state index >= 15 is 0 Å². The van der Waals surface area contributed by atoms with Gasteiger partial charge < -0.3 is 5.73 Å². The quantitative estimate of drug-likeness (QED) is 0.933. The molecule has 0 saturated heterocycles. The maximum Gasteiger partial charge on any atom is 0.182 e. The highest BCUT2D eigenvalue weighted by Gasteiger charge is 2.57. The molecule has 1 fully saturated rings. The van der Waals surface area contributed by atoms with Crippen LogP contribution in [0, 0.1) is 12.8 Å². The molecule has 1 saturated carbocycles. The van der Waals surface area contributed by atoms with Crippen molar-refractivity contribution in [1.82, 2.24) is 0 Å². The molecule has 2 aromatic carbocycles. The highest BCUT2D eigenvalue weighted by molar-refractivity contribution is 7.92. The van der Waals surface area contributed by atoms with Crippen molar-refractivity contribution in [2.24, 2.45) is 11.7 Å². The van der Waals surface area contributed by atoms with Crippen molar-refractivity contribution in [1.29, 1.82) is 0 Å². The number of hydrogen-bond donors (Lipinski definition) is 1. The van der Waals surface area contributed by atoms with Crippen LogP contribution in [0.2, 0.25) is 5.02 Å². The molecule has 1 aliphatic carbocycles. The Morgan fingerprint density at radius 2 is 1.64 bits per heavy atom. The minimum absolute atomic E-state index is 0.0347. The lowest BCUT2D eigenvalue weighted by molar-refractivity contribution is 0.591. The molecule has 2 N–H and O–H groups in total. The average molecular weight is 336 g/mol. The molecule has 3 nitrogen and oxygen atoms in total. The van der Waals surface area contributed by atoms with E-state index in [1.54, 1.807) is 24.3 Å². The highest BCUT2D eigenvalue weighted by Crippen LogP contribution is 2.53. The Morgan fingerprint density at radius 1 is 1.05 bits per heavy atom. The van der Waals surface area contributed by atoms with Crippen LogP contribution in [0.5, 0.6) is 0 Å². The topological polar surface area (TPSA) is 60.2 Å². The van der Waals surface area contributed by atoms with Crippen molar-refractivity contribution in [2.75, 3.05) is 6.54 Å². The van der Waals surface area contributed by atoms with Crippen LogP contribution in [0.25, 0.3) is 0 Å². The first-order valence-electron chi connectivity index (χ1n) is 7.21. The maximum atomic E-state index is 12.8. The molecule has 3 rings (SSSR count). The first-order valence-corrected chi connectivity index (χ1v) is 9.13. The molecule has 0 radical (unpaired) electrons. The van der Waals surface area contributed by atoms with Gasteiger partial charge in [0, 0.05) is 10.9 Å². The third-order valence-corrected chi connectivity index (χ3v) is 6.87. The van der Waals surface area contributed by atoms with E-state index in [-0.39, 0.29) is 11.8 Å². The molecular weight excluding hydrogens is 318 g/mol. The zero-order valence-electron chi connectivity index (χ0n) is 12.2. The van der Waals surface area contributed by atoms with Crippen molar-refractivity contribution in [3.63, 3.8) is 0 Å². The van der Waals surface area contributed by atoms with E-state index in [9.17, 15) is 8.42 Å². The summed E-state index contributed by atoms with van der Waals surface area (Å²) in [4.78, 5) is 0.373. The number of sulfone groups is 1. The number of nitrogens with two attached hydrogens (primary N) is 1. The van der Waals surface area contributed by atoms with Gasteiger partial charge >= 0.3 is 0 Å². The summed E-state index contributed by atoms with van der Waals surface area (Å²) < 4.78 is 25.7. The summed E-state index contributed by atoms with van der Waals surface area (Å²) in [5, 5.41) is 0.202. The number of benzene rings is 2. The fourth-order valence-corrected chi connectivity index (χ4v) is 5.40. The van der Waals surface area contributed by atoms with Crippen LogP contribution in [-0.2, 0) is 9.84 Å². The van der Waals surface area contributed by atoms with Gasteiger partial charge in [-0.15, -0.1) is 0 Å². The van der Waals surface area contributed by atoms with Gasteiger partial charge in [-0.1, -0.05) is 41.4 Å². The van der Waals surface area contributed by atoms with Crippen molar-refractivity contribution in [3.05, 3.63) is 64.7 Å². The largest absolute Gasteiger partial charge is 0.330 e. The lowest BCUT2D eigenvalue weighted by atomic mass is 10.1. The monoisotopic (exact) mass is 335 g/mol. The summed E-state index contributed by atoms with van der Waals surface area (Å²) in [5.41, 5.74) is 7.82. The van der Waals surface area contributed by atoms with Gasteiger partial charge in [0.1, 0.15) is 0 Å². The zero-order valence-corrected chi connectivity index (χ0v) is 13.8. The predicted molar refractivity (Wildman–Crippen MR) is 88.9 cm³/mol. The van der Waals surface area contributed by atoms with E-state index in [1.165, 1.54) is 0 Å². The molecule has 3 unspecified atom stereocenters. The van der Waals surface area contributed by atoms with Crippen LogP contribution in [0.4, 0.5) is 0 Å². The first-order chi connectivity index (χ1) is 10.4. The summed E-state index contributed by atoms with van der Waals surface area (Å²) in [7, 11) is -3.36. The first kappa shape index (κ1) is 15.5. The van der Waals surface area contributed by atoms with Gasteiger partial charge in [-0.25, -0.2) is 8.42 Å². The molecule has 3 atom stereocenters. The predicted octanol–water partition coefficient (Wildman–Crippen LogP) is 3.16. The van der Waals surface area contributed by atoms with E-state index in [2.05, 4.69) is 0 Å². The van der Waals surface area contributed by atoms with E-state index in [4.69, 9.17) is 17.3 Å². The van der Waals surface area contributed by atoms with Gasteiger partial charge in [-0.05, 0) is 49.2 Å². The number of hydrogen-bond acceptors (Lipinski definition) is 3. The Balaban J connectivity index is 1.93. The average Bonchev–Trinajstić information content (AvgIpc) is 3.24. The molecule has 0 aromatic heterocycles. The van der Waals surface area contributed by atoms with E-state index in [0.29, 0.717) is 16.5 Å². The second-order valence-corrected chi connectivity index (χ2v) is 8.34. The molecular formula is C17H18ClNO2S. The van der Waals surface area contributed by atoms with Crippen molar-refractivity contribution < 1.29 is 8.42 Å².